The van der Waals surface area contributed by atoms with E-state index in [4.69, 9.17) is 28.0 Å². The molecule has 0 aromatic rings. The van der Waals surface area contributed by atoms with Crippen molar-refractivity contribution in [3.63, 3.8) is 0 Å². The van der Waals surface area contributed by atoms with E-state index in [9.17, 15) is 38.1 Å². The molecule has 0 aromatic carbocycles. The van der Waals surface area contributed by atoms with Crippen LogP contribution in [0.4, 0.5) is 0 Å². The molecule has 0 aliphatic heterocycles. The molecule has 3 unspecified atom stereocenters. The van der Waals surface area contributed by atoms with Crippen LogP contribution in [0.5, 0.6) is 0 Å². The van der Waals surface area contributed by atoms with Crippen LogP contribution in [0.1, 0.15) is 101 Å². The van der Waals surface area contributed by atoms with Crippen LogP contribution in [0.15, 0.2) is 24.3 Å². The van der Waals surface area contributed by atoms with Gasteiger partial charge in [0.25, 0.3) is 0 Å². The molecule has 0 aliphatic rings. The third-order valence-electron chi connectivity index (χ3n) is 8.14. The van der Waals surface area contributed by atoms with Crippen LogP contribution < -0.4 is 0 Å². The van der Waals surface area contributed by atoms with Gasteiger partial charge < -0.3 is 46.7 Å². The molecule has 18 heteroatoms. The number of rotatable bonds is 27. The second-order valence-corrected chi connectivity index (χ2v) is 21.2. The van der Waals surface area contributed by atoms with Gasteiger partial charge in [0.1, 0.15) is 13.2 Å². The van der Waals surface area contributed by atoms with Crippen molar-refractivity contribution in [3.05, 3.63) is 24.3 Å². The second-order valence-electron chi connectivity index (χ2n) is 17.2. The summed E-state index contributed by atoms with van der Waals surface area (Å²) >= 11 is 0. The molecule has 0 rings (SSSR count). The smallest absolute Gasteiger partial charge is 0.333 e. The fourth-order valence-corrected chi connectivity index (χ4v) is 6.92. The summed E-state index contributed by atoms with van der Waals surface area (Å²) in [5.41, 5.74) is -0.955. The van der Waals surface area contributed by atoms with E-state index in [1.807, 2.05) is 56.1 Å². The maximum Gasteiger partial charge on any atom is 0.333 e. The van der Waals surface area contributed by atoms with Crippen LogP contribution in [0, 0.1) is 10.8 Å². The lowest BCUT2D eigenvalue weighted by atomic mass is 9.72. The van der Waals surface area contributed by atoms with E-state index in [0.29, 0.717) is 47.3 Å². The molecule has 0 aliphatic carbocycles. The van der Waals surface area contributed by atoms with E-state index >= 15 is 0 Å². The molecule has 0 amide bonds. The van der Waals surface area contributed by atoms with Crippen LogP contribution in [0.25, 0.3) is 0 Å². The topological polar surface area (TPSA) is 198 Å². The van der Waals surface area contributed by atoms with Gasteiger partial charge in [0.05, 0.1) is 105 Å². The van der Waals surface area contributed by atoms with Gasteiger partial charge in [-0.05, 0) is 60.3 Å². The summed E-state index contributed by atoms with van der Waals surface area (Å²) in [6.07, 6.45) is 4.59. The lowest BCUT2D eigenvalue weighted by Gasteiger charge is -2.33. The maximum absolute atomic E-state index is 12.7. The highest BCUT2D eigenvalue weighted by Crippen LogP contribution is 2.42. The summed E-state index contributed by atoms with van der Waals surface area (Å²) in [6.45, 7) is 22.8. The molecule has 0 bridgehead atoms. The minimum atomic E-state index is -3.72. The molecule has 2 N–H and O–H groups in total. The summed E-state index contributed by atoms with van der Waals surface area (Å²) in [4.78, 5) is 66.2. The fourth-order valence-electron chi connectivity index (χ4n) is 4.23. The zero-order valence-corrected chi connectivity index (χ0v) is 40.1. The van der Waals surface area contributed by atoms with E-state index in [-0.39, 0.29) is 70.1 Å². The van der Waals surface area contributed by atoms with Crippen LogP contribution in [0.2, 0.25) is 0 Å². The molecule has 0 aromatic heterocycles. The number of quaternary nitrogens is 2. The summed E-state index contributed by atoms with van der Waals surface area (Å²) in [7, 11) is 4.22. The molecule has 350 valence electrons. The van der Waals surface area contributed by atoms with Crippen molar-refractivity contribution in [3.8, 4) is 0 Å². The highest BCUT2D eigenvalue weighted by atomic mass is 31.2. The Bertz CT molecular complexity index is 1370. The first-order valence-corrected chi connectivity index (χ1v) is 23.4. The number of nitrogens with zero attached hydrogens (tertiary/aromatic N) is 2. The number of hydrogen-bond donors (Lipinski definition) is 2. The van der Waals surface area contributed by atoms with Crippen molar-refractivity contribution in [1.29, 1.82) is 0 Å². The third kappa shape index (κ3) is 36.0. The summed E-state index contributed by atoms with van der Waals surface area (Å²) < 4.78 is 54.9. The van der Waals surface area contributed by atoms with Crippen LogP contribution in [-0.4, -0.2) is 150 Å². The Hall–Kier alpha value is -2.42. The van der Waals surface area contributed by atoms with Gasteiger partial charge in [0, 0.05) is 11.1 Å². The van der Waals surface area contributed by atoms with Crippen molar-refractivity contribution < 1.29 is 75.1 Å². The number of unbranched alkanes of at least 4 members (excludes halogenated alkanes) is 2. The largest absolute Gasteiger partial charge is 0.465 e. The first-order valence-electron chi connectivity index (χ1n) is 19.8. The predicted octanol–water partition coefficient (Wildman–Crippen LogP) is 7.17. The molecule has 0 spiro atoms. The van der Waals surface area contributed by atoms with Gasteiger partial charge in [0.15, 0.2) is 0 Å². The lowest BCUT2D eigenvalue weighted by Crippen LogP contribution is -2.39. The molecule has 0 fully saturated rings. The molecule has 16 nitrogen and oxygen atoms in total. The Morgan fingerprint density at radius 1 is 0.593 bits per heavy atom. The Balaban J connectivity index is -0.000000440. The number of carbonyl (C=O) groups excluding carboxylic acids is 4. The van der Waals surface area contributed by atoms with Crippen LogP contribution in [-0.2, 0) is 56.3 Å². The minimum absolute atomic E-state index is 0. The highest BCUT2D eigenvalue weighted by molar-refractivity contribution is 7.53. The number of hydrogen-bond acceptors (Lipinski definition) is 12. The van der Waals surface area contributed by atoms with Crippen LogP contribution >= 0.6 is 15.2 Å². The summed E-state index contributed by atoms with van der Waals surface area (Å²) in [5, 5.41) is 0. The zero-order valence-electron chi connectivity index (χ0n) is 38.3. The Morgan fingerprint density at radius 2 is 0.932 bits per heavy atom. The number of esters is 4. The van der Waals surface area contributed by atoms with Gasteiger partial charge >= 0.3 is 39.1 Å². The van der Waals surface area contributed by atoms with Gasteiger partial charge in [-0.2, -0.15) is 0 Å². The first kappa shape index (κ1) is 63.2. The average molecular weight is 891 g/mol. The van der Waals surface area contributed by atoms with Crippen molar-refractivity contribution in [2.24, 2.45) is 10.8 Å². The van der Waals surface area contributed by atoms with E-state index in [1.165, 1.54) is 6.92 Å². The molecule has 0 radical (unpaired) electrons. The molecule has 3 atom stereocenters. The quantitative estimate of drug-likeness (QED) is 0.0210. The molecule has 59 heavy (non-hydrogen) atoms. The average Bonchev–Trinajstić information content (AvgIpc) is 3.10. The predicted molar refractivity (Wildman–Crippen MR) is 234 cm³/mol. The summed E-state index contributed by atoms with van der Waals surface area (Å²) in [5.74, 6) is -1.60. The third-order valence-corrected chi connectivity index (χ3v) is 10.8. The van der Waals surface area contributed by atoms with E-state index in [0.717, 1.165) is 25.7 Å². The van der Waals surface area contributed by atoms with Crippen molar-refractivity contribution in [2.75, 3.05) is 107 Å². The molecule has 0 saturated carbocycles. The molecular weight excluding hydrogens is 806 g/mol. The van der Waals surface area contributed by atoms with Gasteiger partial charge in [-0.15, -0.1) is 0 Å². The molecular formula is C41H84N2O14P2+2. The SMILES string of the molecule is C.C=C(C)C(=O)OCCCC.C=C(C)C(=O)OCCOP(=O)(O)CC[N+](C)(C)C.CCCCOC(=O)C(C)(C)CC(C)(CC)C(=O)OCCOP(=O)(O)CC[N+](C)(C)C. The van der Waals surface area contributed by atoms with Gasteiger partial charge in [-0.3, -0.25) is 18.7 Å². The minimum Gasteiger partial charge on any atom is -0.465 e. The molecule has 0 heterocycles. The fraction of sp³-hybridized carbons (Fsp3) is 0.805. The van der Waals surface area contributed by atoms with E-state index in [1.54, 1.807) is 27.7 Å². The number of carbonyl (C=O) groups is 4. The Kier molecular flexibility index (Phi) is 32.8. The van der Waals surface area contributed by atoms with Gasteiger partial charge in [0.2, 0.25) is 0 Å². The monoisotopic (exact) mass is 891 g/mol. The standard InChI is InChI=1S/C21H42NO7P.C11H22NO5P.C8H14O2.CH4/c1-9-11-13-27-18(23)20(3,4)17-21(5,10-2)19(24)28-14-15-29-30(25,26)16-12-22(6,7)8;1-10(2)11(13)16-7-8-17-18(14,15)9-6-12(3,4)5;1-4-5-6-10-8(9)7(2)3;/h9-17H2,1-8H3;1,6-9H2,2-5H3;2,4-6H2,1,3H3;1H4/p+2. The summed E-state index contributed by atoms with van der Waals surface area (Å²) in [6, 6.07) is 0. The van der Waals surface area contributed by atoms with Crippen molar-refractivity contribution in [2.45, 2.75) is 101 Å². The first-order chi connectivity index (χ1) is 26.3. The maximum atomic E-state index is 12.7. The van der Waals surface area contributed by atoms with Gasteiger partial charge in [-0.25, -0.2) is 9.59 Å². The Labute approximate surface area is 357 Å². The Morgan fingerprint density at radius 3 is 1.27 bits per heavy atom. The lowest BCUT2D eigenvalue weighted by molar-refractivity contribution is -0.867. The van der Waals surface area contributed by atoms with Crippen molar-refractivity contribution >= 4 is 39.1 Å². The van der Waals surface area contributed by atoms with Crippen LogP contribution in [0.3, 0.4) is 0 Å². The van der Waals surface area contributed by atoms with Gasteiger partial charge in [-0.1, -0.05) is 54.2 Å². The highest BCUT2D eigenvalue weighted by Gasteiger charge is 2.43. The zero-order chi connectivity index (χ0) is 46.0. The number of ether oxygens (including phenoxy) is 4. The molecule has 0 saturated heterocycles. The normalized spacial score (nSPS) is 14.4. The second kappa shape index (κ2) is 30.6. The van der Waals surface area contributed by atoms with E-state index in [2.05, 4.69) is 20.1 Å². The van der Waals surface area contributed by atoms with E-state index < -0.39 is 38.0 Å². The van der Waals surface area contributed by atoms with Crippen molar-refractivity contribution in [1.82, 2.24) is 0 Å².